The Hall–Kier alpha value is -2.77. The first-order chi connectivity index (χ1) is 19.3. The minimum absolute atomic E-state index is 0.118. The monoisotopic (exact) mass is 575 g/mol. The van der Waals surface area contributed by atoms with Gasteiger partial charge in [-0.1, -0.05) is 78.7 Å². The Morgan fingerprint density at radius 1 is 0.951 bits per heavy atom. The molecule has 3 amide bonds. The molecular formula is C33H57N3O5. The Bertz CT molecular complexity index is 941. The smallest absolute Gasteiger partial charge is 0.408 e. The van der Waals surface area contributed by atoms with Crippen molar-refractivity contribution in [3.8, 4) is 5.75 Å². The van der Waals surface area contributed by atoms with Gasteiger partial charge >= 0.3 is 6.09 Å². The van der Waals surface area contributed by atoms with Crippen LogP contribution in [0.1, 0.15) is 130 Å². The molecular weight excluding hydrogens is 518 g/mol. The van der Waals surface area contributed by atoms with Gasteiger partial charge in [-0.15, -0.1) is 0 Å². The number of alkyl carbamates (subject to hydrolysis) is 1. The molecule has 0 saturated heterocycles. The number of ether oxygens (including phenoxy) is 1. The van der Waals surface area contributed by atoms with Crippen molar-refractivity contribution < 1.29 is 24.2 Å². The molecule has 0 spiro atoms. The quantitative estimate of drug-likeness (QED) is 0.161. The largest absolute Gasteiger partial charge is 0.508 e. The molecule has 0 aromatic heterocycles. The predicted molar refractivity (Wildman–Crippen MR) is 166 cm³/mol. The number of amides is 3. The number of carbonyl (C=O) groups excluding carboxylic acids is 3. The molecule has 3 N–H and O–H groups in total. The van der Waals surface area contributed by atoms with Crippen molar-refractivity contribution in [1.82, 2.24) is 15.5 Å². The highest BCUT2D eigenvalue weighted by Gasteiger charge is 2.36. The number of hydrogen-bond donors (Lipinski definition) is 3. The lowest BCUT2D eigenvalue weighted by molar-refractivity contribution is -0.143. The molecule has 1 aromatic rings. The predicted octanol–water partition coefficient (Wildman–Crippen LogP) is 7.18. The van der Waals surface area contributed by atoms with E-state index in [1.165, 1.54) is 6.42 Å². The van der Waals surface area contributed by atoms with Gasteiger partial charge in [0.1, 0.15) is 23.4 Å². The molecule has 0 fully saturated rings. The second kappa shape index (κ2) is 18.6. The van der Waals surface area contributed by atoms with E-state index in [4.69, 9.17) is 4.74 Å². The second-order valence-corrected chi connectivity index (χ2v) is 12.6. The number of carbonyl (C=O) groups is 3. The lowest BCUT2D eigenvalue weighted by atomic mass is 9.97. The highest BCUT2D eigenvalue weighted by molar-refractivity contribution is 5.92. The van der Waals surface area contributed by atoms with Gasteiger partial charge < -0.3 is 25.4 Å². The maximum atomic E-state index is 14.3. The summed E-state index contributed by atoms with van der Waals surface area (Å²) in [5.74, 6) is -0.315. The zero-order chi connectivity index (χ0) is 31.0. The molecule has 0 saturated carbocycles. The number of phenols is 1. The van der Waals surface area contributed by atoms with Gasteiger partial charge in [0.05, 0.1) is 0 Å². The Kier molecular flexibility index (Phi) is 16.5. The van der Waals surface area contributed by atoms with Crippen molar-refractivity contribution >= 4 is 17.9 Å². The Balaban J connectivity index is 3.46. The Labute approximate surface area is 249 Å². The molecule has 2 atom stereocenters. The average Bonchev–Trinajstić information content (AvgIpc) is 2.87. The number of nitrogens with zero attached hydrogens (tertiary/aromatic N) is 1. The summed E-state index contributed by atoms with van der Waals surface area (Å²) in [5.41, 5.74) is 0.551. The third kappa shape index (κ3) is 14.1. The molecule has 1 aromatic carbocycles. The maximum Gasteiger partial charge on any atom is 0.408 e. The number of phenolic OH excluding ortho intramolecular Hbond substituents is 1. The van der Waals surface area contributed by atoms with Gasteiger partial charge in [0.15, 0.2) is 0 Å². The van der Waals surface area contributed by atoms with Crippen LogP contribution in [0.25, 0.3) is 0 Å². The van der Waals surface area contributed by atoms with E-state index in [1.54, 1.807) is 50.8 Å². The second-order valence-electron chi connectivity index (χ2n) is 12.6. The number of aryl methyl sites for hydroxylation is 1. The summed E-state index contributed by atoms with van der Waals surface area (Å²) in [5, 5.41) is 16.0. The van der Waals surface area contributed by atoms with Crippen LogP contribution in [-0.2, 0) is 14.3 Å². The SMILES string of the molecule is CCCCCCCCN(C(=O)C(CC(C)C)NC(=O)OC(C)(C)C)C(C(=O)NCCCCC)c1ccc(O)c(C)c1. The van der Waals surface area contributed by atoms with Gasteiger partial charge in [-0.05, 0) is 76.1 Å². The van der Waals surface area contributed by atoms with Crippen LogP contribution in [0, 0.1) is 12.8 Å². The van der Waals surface area contributed by atoms with Gasteiger partial charge in [-0.2, -0.15) is 0 Å². The topological polar surface area (TPSA) is 108 Å². The number of nitrogens with one attached hydrogen (secondary N) is 2. The number of aromatic hydroxyl groups is 1. The van der Waals surface area contributed by atoms with Crippen LogP contribution in [-0.4, -0.2) is 52.6 Å². The van der Waals surface area contributed by atoms with Gasteiger partial charge in [0, 0.05) is 13.1 Å². The van der Waals surface area contributed by atoms with Crippen LogP contribution < -0.4 is 10.6 Å². The van der Waals surface area contributed by atoms with Crippen LogP contribution in [0.2, 0.25) is 0 Å². The first-order valence-electron chi connectivity index (χ1n) is 15.7. The molecule has 234 valence electrons. The van der Waals surface area contributed by atoms with Crippen LogP contribution in [0.15, 0.2) is 18.2 Å². The molecule has 1 rings (SSSR count). The highest BCUT2D eigenvalue weighted by Crippen LogP contribution is 2.28. The van der Waals surface area contributed by atoms with E-state index in [-0.39, 0.29) is 23.5 Å². The Morgan fingerprint density at radius 3 is 2.15 bits per heavy atom. The number of hydrogen-bond acceptors (Lipinski definition) is 5. The van der Waals surface area contributed by atoms with E-state index < -0.39 is 23.8 Å². The first kappa shape index (κ1) is 36.3. The van der Waals surface area contributed by atoms with Crippen LogP contribution >= 0.6 is 0 Å². The third-order valence-corrected chi connectivity index (χ3v) is 6.91. The fourth-order valence-electron chi connectivity index (χ4n) is 4.78. The van der Waals surface area contributed by atoms with Crippen molar-refractivity contribution in [1.29, 1.82) is 0 Å². The van der Waals surface area contributed by atoms with Crippen molar-refractivity contribution in [3.63, 3.8) is 0 Å². The lowest BCUT2D eigenvalue weighted by Gasteiger charge is -2.35. The normalized spacial score (nSPS) is 13.0. The molecule has 0 radical (unpaired) electrons. The van der Waals surface area contributed by atoms with Gasteiger partial charge in [-0.3, -0.25) is 9.59 Å². The Morgan fingerprint density at radius 2 is 1.56 bits per heavy atom. The zero-order valence-corrected chi connectivity index (χ0v) is 27.0. The highest BCUT2D eigenvalue weighted by atomic mass is 16.6. The van der Waals surface area contributed by atoms with Crippen molar-refractivity contribution in [2.24, 2.45) is 5.92 Å². The summed E-state index contributed by atoms with van der Waals surface area (Å²) in [6.45, 7) is 16.3. The van der Waals surface area contributed by atoms with Gasteiger partial charge in [0.25, 0.3) is 0 Å². The standard InChI is InChI=1S/C33H57N3O5/c1-9-11-13-14-15-17-21-36(31(39)27(22-24(3)4)35-32(40)41-33(6,7)8)29(30(38)34-20-16-12-10-2)26-18-19-28(37)25(5)23-26/h18-19,23-24,27,29,37H,9-17,20-22H2,1-8H3,(H,34,38)(H,35,40). The third-order valence-electron chi connectivity index (χ3n) is 6.91. The van der Waals surface area contributed by atoms with Gasteiger partial charge in [0.2, 0.25) is 11.8 Å². The number of unbranched alkanes of at least 4 members (excludes halogenated alkanes) is 7. The minimum Gasteiger partial charge on any atom is -0.508 e. The molecule has 0 heterocycles. The molecule has 41 heavy (non-hydrogen) atoms. The van der Waals surface area contributed by atoms with E-state index in [0.29, 0.717) is 30.6 Å². The summed E-state index contributed by atoms with van der Waals surface area (Å²) in [4.78, 5) is 42.5. The summed E-state index contributed by atoms with van der Waals surface area (Å²) in [6.07, 6.45) is 8.85. The molecule has 8 nitrogen and oxygen atoms in total. The minimum atomic E-state index is -0.894. The van der Waals surface area contributed by atoms with E-state index in [0.717, 1.165) is 51.4 Å². The average molecular weight is 576 g/mol. The van der Waals surface area contributed by atoms with Gasteiger partial charge in [-0.25, -0.2) is 4.79 Å². The molecule has 0 aliphatic carbocycles. The zero-order valence-electron chi connectivity index (χ0n) is 27.0. The van der Waals surface area contributed by atoms with Crippen LogP contribution in [0.5, 0.6) is 5.75 Å². The van der Waals surface area contributed by atoms with E-state index in [2.05, 4.69) is 24.5 Å². The molecule has 0 aliphatic rings. The summed E-state index contributed by atoms with van der Waals surface area (Å²) >= 11 is 0. The van der Waals surface area contributed by atoms with E-state index in [1.807, 2.05) is 13.8 Å². The lowest BCUT2D eigenvalue weighted by Crippen LogP contribution is -2.53. The van der Waals surface area contributed by atoms with Crippen LogP contribution in [0.3, 0.4) is 0 Å². The number of rotatable bonds is 18. The van der Waals surface area contributed by atoms with E-state index in [9.17, 15) is 19.5 Å². The molecule has 8 heteroatoms. The van der Waals surface area contributed by atoms with Crippen molar-refractivity contribution in [2.45, 2.75) is 137 Å². The summed E-state index contributed by atoms with van der Waals surface area (Å²) < 4.78 is 5.49. The fourth-order valence-corrected chi connectivity index (χ4v) is 4.78. The van der Waals surface area contributed by atoms with Crippen LogP contribution in [0.4, 0.5) is 4.79 Å². The fraction of sp³-hybridized carbons (Fsp3) is 0.727. The molecule has 2 unspecified atom stereocenters. The van der Waals surface area contributed by atoms with E-state index >= 15 is 0 Å². The molecule has 0 bridgehead atoms. The van der Waals surface area contributed by atoms with Crippen molar-refractivity contribution in [2.75, 3.05) is 13.1 Å². The maximum absolute atomic E-state index is 14.3. The summed E-state index contributed by atoms with van der Waals surface area (Å²) in [6, 6.07) is 3.30. The molecule has 0 aliphatic heterocycles. The van der Waals surface area contributed by atoms with Crippen molar-refractivity contribution in [3.05, 3.63) is 29.3 Å². The number of benzene rings is 1. The first-order valence-corrected chi connectivity index (χ1v) is 15.7. The summed E-state index contributed by atoms with van der Waals surface area (Å²) in [7, 11) is 0.